The summed E-state index contributed by atoms with van der Waals surface area (Å²) in [6.45, 7) is 2.71. The molecule has 1 aromatic heterocycles. The normalized spacial score (nSPS) is 17.3. The molecule has 0 aliphatic carbocycles. The molecule has 1 aromatic carbocycles. The van der Waals surface area contributed by atoms with E-state index in [9.17, 15) is 8.42 Å². The third kappa shape index (κ3) is 2.00. The van der Waals surface area contributed by atoms with Gasteiger partial charge in [0.05, 0.1) is 10.4 Å². The van der Waals surface area contributed by atoms with Gasteiger partial charge in [-0.1, -0.05) is 6.07 Å². The minimum absolute atomic E-state index is 0.0300. The van der Waals surface area contributed by atoms with E-state index in [0.717, 1.165) is 5.56 Å². The van der Waals surface area contributed by atoms with Crippen LogP contribution in [0.4, 0.5) is 0 Å². The number of rotatable bonds is 3. The molecule has 0 atom stereocenters. The molecule has 0 saturated carbocycles. The summed E-state index contributed by atoms with van der Waals surface area (Å²) in [6, 6.07) is 6.95. The van der Waals surface area contributed by atoms with Crippen molar-refractivity contribution in [1.29, 1.82) is 0 Å². The largest absolute Gasteiger partial charge is 0.396 e. The van der Waals surface area contributed by atoms with Crippen LogP contribution in [0.2, 0.25) is 0 Å². The van der Waals surface area contributed by atoms with Gasteiger partial charge in [-0.25, -0.2) is 8.42 Å². The van der Waals surface area contributed by atoms with Crippen molar-refractivity contribution in [3.05, 3.63) is 36.0 Å². The summed E-state index contributed by atoms with van der Waals surface area (Å²) in [5, 5.41) is 9.67. The summed E-state index contributed by atoms with van der Waals surface area (Å²) in [5.74, 6) is 0.0552. The standard InChI is InChI=1S/C14H16N2O3S/c1-10-4-5-13(12-3-2-6-15-14(10)12)20(18,19)16-7-11(8-16)9-17/h2-6,11,17H,7-9H2,1H3. The van der Waals surface area contributed by atoms with Crippen LogP contribution in [0.3, 0.4) is 0 Å². The highest BCUT2D eigenvalue weighted by atomic mass is 32.2. The number of pyridine rings is 1. The molecule has 0 radical (unpaired) electrons. The van der Waals surface area contributed by atoms with Crippen LogP contribution in [-0.2, 0) is 10.0 Å². The molecule has 1 aliphatic rings. The number of aliphatic hydroxyl groups is 1. The van der Waals surface area contributed by atoms with Crippen LogP contribution < -0.4 is 0 Å². The first-order valence-electron chi connectivity index (χ1n) is 6.49. The highest BCUT2D eigenvalue weighted by Crippen LogP contribution is 2.30. The average molecular weight is 292 g/mol. The lowest BCUT2D eigenvalue weighted by Crippen LogP contribution is -2.51. The lowest BCUT2D eigenvalue weighted by Gasteiger charge is -2.37. The second kappa shape index (κ2) is 4.80. The Hall–Kier alpha value is -1.50. The number of aliphatic hydroxyl groups excluding tert-OH is 1. The Morgan fingerprint density at radius 2 is 2.10 bits per heavy atom. The lowest BCUT2D eigenvalue weighted by molar-refractivity contribution is 0.117. The molecule has 5 nitrogen and oxygen atoms in total. The van der Waals surface area contributed by atoms with Crippen LogP contribution >= 0.6 is 0 Å². The molecule has 1 fully saturated rings. The SMILES string of the molecule is Cc1ccc(S(=O)(=O)N2CC(CO)C2)c2cccnc12. The zero-order valence-corrected chi connectivity index (χ0v) is 12.0. The topological polar surface area (TPSA) is 70.5 Å². The molecule has 20 heavy (non-hydrogen) atoms. The van der Waals surface area contributed by atoms with Crippen LogP contribution in [0.15, 0.2) is 35.4 Å². The molecule has 3 rings (SSSR count). The van der Waals surface area contributed by atoms with Crippen LogP contribution in [-0.4, -0.2) is 42.5 Å². The van der Waals surface area contributed by atoms with Crippen molar-refractivity contribution in [1.82, 2.24) is 9.29 Å². The molecular weight excluding hydrogens is 276 g/mol. The van der Waals surface area contributed by atoms with E-state index in [4.69, 9.17) is 5.11 Å². The van der Waals surface area contributed by atoms with Gasteiger partial charge in [-0.3, -0.25) is 4.98 Å². The summed E-state index contributed by atoms with van der Waals surface area (Å²) in [4.78, 5) is 4.56. The van der Waals surface area contributed by atoms with E-state index in [2.05, 4.69) is 4.98 Å². The van der Waals surface area contributed by atoms with Gasteiger partial charge in [0.2, 0.25) is 10.0 Å². The molecule has 6 heteroatoms. The zero-order valence-electron chi connectivity index (χ0n) is 11.2. The predicted molar refractivity (Wildman–Crippen MR) is 75.8 cm³/mol. The first-order chi connectivity index (χ1) is 9.54. The quantitative estimate of drug-likeness (QED) is 0.921. The van der Waals surface area contributed by atoms with E-state index in [-0.39, 0.29) is 12.5 Å². The van der Waals surface area contributed by atoms with E-state index >= 15 is 0 Å². The molecule has 0 unspecified atom stereocenters. The molecule has 2 heterocycles. The van der Waals surface area contributed by atoms with Gasteiger partial charge in [0.25, 0.3) is 0 Å². The van der Waals surface area contributed by atoms with Gasteiger partial charge in [-0.15, -0.1) is 0 Å². The molecule has 0 spiro atoms. The van der Waals surface area contributed by atoms with Gasteiger partial charge in [0, 0.05) is 37.2 Å². The fourth-order valence-electron chi connectivity index (χ4n) is 2.49. The zero-order chi connectivity index (χ0) is 14.3. The van der Waals surface area contributed by atoms with Crippen molar-refractivity contribution in [3.63, 3.8) is 0 Å². The van der Waals surface area contributed by atoms with Crippen molar-refractivity contribution in [2.45, 2.75) is 11.8 Å². The van der Waals surface area contributed by atoms with Crippen molar-refractivity contribution < 1.29 is 13.5 Å². The molecule has 1 saturated heterocycles. The van der Waals surface area contributed by atoms with E-state index in [0.29, 0.717) is 28.9 Å². The summed E-state index contributed by atoms with van der Waals surface area (Å²) < 4.78 is 26.6. The van der Waals surface area contributed by atoms with Gasteiger partial charge >= 0.3 is 0 Å². The van der Waals surface area contributed by atoms with Crippen LogP contribution in [0.5, 0.6) is 0 Å². The van der Waals surface area contributed by atoms with Gasteiger partial charge in [-0.05, 0) is 30.7 Å². The predicted octanol–water partition coefficient (Wildman–Crippen LogP) is 1.16. The summed E-state index contributed by atoms with van der Waals surface area (Å²) in [5.41, 5.74) is 1.67. The second-order valence-corrected chi connectivity index (χ2v) is 7.06. The monoisotopic (exact) mass is 292 g/mol. The number of hydrogen-bond acceptors (Lipinski definition) is 4. The summed E-state index contributed by atoms with van der Waals surface area (Å²) in [7, 11) is -3.51. The molecular formula is C14H16N2O3S. The van der Waals surface area contributed by atoms with E-state index in [1.807, 2.05) is 6.92 Å². The first kappa shape index (κ1) is 13.5. The maximum atomic E-state index is 12.6. The van der Waals surface area contributed by atoms with Gasteiger partial charge < -0.3 is 5.11 Å². The fourth-order valence-corrected chi connectivity index (χ4v) is 4.26. The van der Waals surface area contributed by atoms with Crippen molar-refractivity contribution in [2.24, 2.45) is 5.92 Å². The number of aryl methyl sites for hydroxylation is 1. The maximum absolute atomic E-state index is 12.6. The number of sulfonamides is 1. The van der Waals surface area contributed by atoms with Crippen LogP contribution in [0.25, 0.3) is 10.9 Å². The van der Waals surface area contributed by atoms with Crippen LogP contribution in [0, 0.1) is 12.8 Å². The Labute approximate surface area is 117 Å². The molecule has 1 aliphatic heterocycles. The van der Waals surface area contributed by atoms with Crippen molar-refractivity contribution in [2.75, 3.05) is 19.7 Å². The Morgan fingerprint density at radius 1 is 1.35 bits per heavy atom. The third-order valence-corrected chi connectivity index (χ3v) is 5.62. The number of benzene rings is 1. The average Bonchev–Trinajstić information content (AvgIpc) is 2.37. The Morgan fingerprint density at radius 3 is 2.80 bits per heavy atom. The van der Waals surface area contributed by atoms with Gasteiger partial charge in [-0.2, -0.15) is 4.31 Å². The highest BCUT2D eigenvalue weighted by molar-refractivity contribution is 7.89. The smallest absolute Gasteiger partial charge is 0.243 e. The lowest BCUT2D eigenvalue weighted by atomic mass is 10.1. The highest BCUT2D eigenvalue weighted by Gasteiger charge is 2.37. The van der Waals surface area contributed by atoms with Crippen molar-refractivity contribution >= 4 is 20.9 Å². The van der Waals surface area contributed by atoms with E-state index in [1.165, 1.54) is 4.31 Å². The maximum Gasteiger partial charge on any atom is 0.243 e. The van der Waals surface area contributed by atoms with E-state index in [1.54, 1.807) is 30.5 Å². The molecule has 0 bridgehead atoms. The Kier molecular flexibility index (Phi) is 3.24. The Balaban J connectivity index is 2.09. The van der Waals surface area contributed by atoms with Gasteiger partial charge in [0.1, 0.15) is 0 Å². The molecule has 106 valence electrons. The molecule has 2 aromatic rings. The minimum Gasteiger partial charge on any atom is -0.396 e. The second-order valence-electron chi connectivity index (χ2n) is 5.15. The van der Waals surface area contributed by atoms with Crippen LogP contribution in [0.1, 0.15) is 5.56 Å². The summed E-state index contributed by atoms with van der Waals surface area (Å²) >= 11 is 0. The first-order valence-corrected chi connectivity index (χ1v) is 7.93. The third-order valence-electron chi connectivity index (χ3n) is 3.73. The van der Waals surface area contributed by atoms with Crippen molar-refractivity contribution in [3.8, 4) is 0 Å². The van der Waals surface area contributed by atoms with Gasteiger partial charge in [0.15, 0.2) is 0 Å². The molecule has 0 amide bonds. The number of hydrogen-bond donors (Lipinski definition) is 1. The Bertz CT molecular complexity index is 752. The number of fused-ring (bicyclic) bond motifs is 1. The fraction of sp³-hybridized carbons (Fsp3) is 0.357. The number of aromatic nitrogens is 1. The molecule has 1 N–H and O–H groups in total. The summed E-state index contributed by atoms with van der Waals surface area (Å²) in [6.07, 6.45) is 1.66. The minimum atomic E-state index is -3.51. The van der Waals surface area contributed by atoms with E-state index < -0.39 is 10.0 Å². The number of nitrogens with zero attached hydrogens (tertiary/aromatic N) is 2.